The number of nitrogens with zero attached hydrogens (tertiary/aromatic N) is 1. The van der Waals surface area contributed by atoms with Gasteiger partial charge in [0.05, 0.1) is 18.2 Å². The van der Waals surface area contributed by atoms with Crippen molar-refractivity contribution in [3.8, 4) is 11.8 Å². The molecular formula is C10H7NO4. The Kier molecular flexibility index (Phi) is 3.03. The number of aromatic hydroxyl groups is 1. The first kappa shape index (κ1) is 10.7. The van der Waals surface area contributed by atoms with Gasteiger partial charge in [0, 0.05) is 5.56 Å². The number of methoxy groups -OCH3 is 1. The second-order valence-corrected chi connectivity index (χ2v) is 2.68. The van der Waals surface area contributed by atoms with E-state index in [0.29, 0.717) is 6.29 Å². The third-order valence-electron chi connectivity index (χ3n) is 1.80. The van der Waals surface area contributed by atoms with Crippen molar-refractivity contribution in [2.75, 3.05) is 7.11 Å². The molecule has 0 aliphatic carbocycles. The van der Waals surface area contributed by atoms with Gasteiger partial charge in [-0.1, -0.05) is 0 Å². The molecule has 15 heavy (non-hydrogen) atoms. The van der Waals surface area contributed by atoms with Crippen LogP contribution in [0.25, 0.3) is 0 Å². The maximum Gasteiger partial charge on any atom is 0.339 e. The molecule has 1 N–H and O–H groups in total. The quantitative estimate of drug-likeness (QED) is 0.571. The Labute approximate surface area is 85.5 Å². The molecule has 76 valence electrons. The van der Waals surface area contributed by atoms with Crippen molar-refractivity contribution in [1.82, 2.24) is 0 Å². The molecule has 0 aromatic heterocycles. The smallest absolute Gasteiger partial charge is 0.339 e. The fourth-order valence-corrected chi connectivity index (χ4v) is 1.14. The Morgan fingerprint density at radius 2 is 2.27 bits per heavy atom. The molecule has 0 fully saturated rings. The lowest BCUT2D eigenvalue weighted by Gasteiger charge is -2.04. The summed E-state index contributed by atoms with van der Waals surface area (Å²) in [5.74, 6) is -1.04. The van der Waals surface area contributed by atoms with Crippen molar-refractivity contribution in [1.29, 1.82) is 5.26 Å². The number of phenolic OH excluding ortho intramolecular Hbond substituents is 1. The Morgan fingerprint density at radius 1 is 1.60 bits per heavy atom. The highest BCUT2D eigenvalue weighted by Gasteiger charge is 2.16. The third kappa shape index (κ3) is 1.94. The van der Waals surface area contributed by atoms with Gasteiger partial charge in [-0.25, -0.2) is 4.79 Å². The summed E-state index contributed by atoms with van der Waals surface area (Å²) in [6.07, 6.45) is 0.394. The second kappa shape index (κ2) is 4.24. The molecule has 0 heterocycles. The maximum absolute atomic E-state index is 11.2. The van der Waals surface area contributed by atoms with E-state index in [1.165, 1.54) is 0 Å². The number of hydrogen-bond acceptors (Lipinski definition) is 5. The number of ether oxygens (including phenoxy) is 1. The maximum atomic E-state index is 11.2. The van der Waals surface area contributed by atoms with Crippen LogP contribution in [0.2, 0.25) is 0 Å². The van der Waals surface area contributed by atoms with Gasteiger partial charge in [0.2, 0.25) is 0 Å². The SMILES string of the molecule is COC(=O)c1cc(O)cc(C=O)c1C#N. The van der Waals surface area contributed by atoms with Crippen LogP contribution in [0.1, 0.15) is 26.3 Å². The Hall–Kier alpha value is -2.35. The summed E-state index contributed by atoms with van der Waals surface area (Å²) >= 11 is 0. The van der Waals surface area contributed by atoms with Crippen LogP contribution in [0.3, 0.4) is 0 Å². The molecule has 0 aliphatic rings. The number of carbonyl (C=O) groups is 2. The average molecular weight is 205 g/mol. The molecule has 0 atom stereocenters. The van der Waals surface area contributed by atoms with E-state index in [1.807, 2.05) is 0 Å². The normalized spacial score (nSPS) is 9.07. The molecule has 5 heteroatoms. The lowest BCUT2D eigenvalue weighted by atomic mass is 10.0. The van der Waals surface area contributed by atoms with Crippen LogP contribution in [0, 0.1) is 11.3 Å². The average Bonchev–Trinajstić information content (AvgIpc) is 2.26. The Morgan fingerprint density at radius 3 is 2.73 bits per heavy atom. The van der Waals surface area contributed by atoms with Gasteiger partial charge in [0.15, 0.2) is 6.29 Å². The molecule has 5 nitrogen and oxygen atoms in total. The van der Waals surface area contributed by atoms with Gasteiger partial charge in [0.1, 0.15) is 11.8 Å². The lowest BCUT2D eigenvalue weighted by molar-refractivity contribution is 0.0600. The second-order valence-electron chi connectivity index (χ2n) is 2.68. The number of benzene rings is 1. The first-order valence-corrected chi connectivity index (χ1v) is 3.94. The van der Waals surface area contributed by atoms with Gasteiger partial charge in [-0.15, -0.1) is 0 Å². The number of aldehydes is 1. The van der Waals surface area contributed by atoms with Crippen LogP contribution in [0.5, 0.6) is 5.75 Å². The summed E-state index contributed by atoms with van der Waals surface area (Å²) in [6, 6.07) is 3.90. The largest absolute Gasteiger partial charge is 0.508 e. The van der Waals surface area contributed by atoms with Gasteiger partial charge >= 0.3 is 5.97 Å². The topological polar surface area (TPSA) is 87.4 Å². The highest BCUT2D eigenvalue weighted by atomic mass is 16.5. The zero-order valence-electron chi connectivity index (χ0n) is 7.85. The summed E-state index contributed by atoms with van der Waals surface area (Å²) in [4.78, 5) is 21.8. The molecule has 0 amide bonds. The van der Waals surface area contributed by atoms with E-state index < -0.39 is 5.97 Å². The minimum absolute atomic E-state index is 0.0436. The van der Waals surface area contributed by atoms with E-state index in [2.05, 4.69) is 4.74 Å². The lowest BCUT2D eigenvalue weighted by Crippen LogP contribution is -2.06. The first-order chi connectivity index (χ1) is 7.13. The Bertz CT molecular complexity index is 459. The fraction of sp³-hybridized carbons (Fsp3) is 0.100. The standard InChI is InChI=1S/C10H7NO4/c1-15-10(14)8-3-7(13)2-6(5-12)9(8)4-11/h2-3,5,13H,1H3. The van der Waals surface area contributed by atoms with E-state index in [4.69, 9.17) is 5.26 Å². The molecule has 0 unspecified atom stereocenters. The minimum Gasteiger partial charge on any atom is -0.508 e. The number of phenols is 1. The van der Waals surface area contributed by atoms with Crippen molar-refractivity contribution in [3.63, 3.8) is 0 Å². The molecule has 0 radical (unpaired) electrons. The third-order valence-corrected chi connectivity index (χ3v) is 1.80. The van der Waals surface area contributed by atoms with Gasteiger partial charge in [-0.05, 0) is 12.1 Å². The zero-order chi connectivity index (χ0) is 11.4. The van der Waals surface area contributed by atoms with Crippen molar-refractivity contribution in [2.24, 2.45) is 0 Å². The summed E-state index contributed by atoms with van der Waals surface area (Å²) in [5.41, 5.74) is -0.269. The van der Waals surface area contributed by atoms with Crippen LogP contribution in [-0.2, 0) is 4.74 Å². The van der Waals surface area contributed by atoms with Gasteiger partial charge in [0.25, 0.3) is 0 Å². The van der Waals surface area contributed by atoms with E-state index in [-0.39, 0.29) is 22.4 Å². The molecule has 0 aliphatic heterocycles. The van der Waals surface area contributed by atoms with Crippen molar-refractivity contribution in [3.05, 3.63) is 28.8 Å². The predicted octanol–water partition coefficient (Wildman–Crippen LogP) is 0.863. The van der Waals surface area contributed by atoms with Crippen LogP contribution >= 0.6 is 0 Å². The van der Waals surface area contributed by atoms with E-state index in [1.54, 1.807) is 6.07 Å². The highest BCUT2D eigenvalue weighted by Crippen LogP contribution is 2.20. The molecule has 0 bridgehead atoms. The molecular weight excluding hydrogens is 198 g/mol. The molecule has 0 spiro atoms. The molecule has 1 rings (SSSR count). The number of nitriles is 1. The summed E-state index contributed by atoms with van der Waals surface area (Å²) in [7, 11) is 1.15. The predicted molar refractivity (Wildman–Crippen MR) is 49.5 cm³/mol. The monoisotopic (exact) mass is 205 g/mol. The van der Waals surface area contributed by atoms with Gasteiger partial charge in [-0.2, -0.15) is 5.26 Å². The summed E-state index contributed by atoms with van der Waals surface area (Å²) in [5, 5.41) is 18.0. The Balaban J connectivity index is 3.50. The summed E-state index contributed by atoms with van der Waals surface area (Å²) in [6.45, 7) is 0. The van der Waals surface area contributed by atoms with E-state index in [0.717, 1.165) is 19.2 Å². The van der Waals surface area contributed by atoms with Crippen LogP contribution in [0.15, 0.2) is 12.1 Å². The fourth-order valence-electron chi connectivity index (χ4n) is 1.14. The minimum atomic E-state index is -0.773. The molecule has 1 aromatic rings. The molecule has 1 aromatic carbocycles. The number of hydrogen-bond donors (Lipinski definition) is 1. The van der Waals surface area contributed by atoms with Crippen molar-refractivity contribution >= 4 is 12.3 Å². The number of esters is 1. The van der Waals surface area contributed by atoms with Crippen LogP contribution in [0.4, 0.5) is 0 Å². The van der Waals surface area contributed by atoms with E-state index >= 15 is 0 Å². The van der Waals surface area contributed by atoms with Gasteiger partial charge in [-0.3, -0.25) is 4.79 Å². The number of carbonyl (C=O) groups excluding carboxylic acids is 2. The van der Waals surface area contributed by atoms with Crippen LogP contribution < -0.4 is 0 Å². The van der Waals surface area contributed by atoms with Crippen molar-refractivity contribution < 1.29 is 19.4 Å². The van der Waals surface area contributed by atoms with E-state index in [9.17, 15) is 14.7 Å². The molecule has 0 saturated carbocycles. The highest BCUT2D eigenvalue weighted by molar-refractivity contribution is 5.96. The first-order valence-electron chi connectivity index (χ1n) is 3.94. The van der Waals surface area contributed by atoms with Crippen LogP contribution in [-0.4, -0.2) is 24.5 Å². The summed E-state index contributed by atoms with van der Waals surface area (Å²) < 4.78 is 4.42. The zero-order valence-corrected chi connectivity index (χ0v) is 7.85. The van der Waals surface area contributed by atoms with Gasteiger partial charge < -0.3 is 9.84 Å². The number of rotatable bonds is 2. The molecule has 0 saturated heterocycles. The van der Waals surface area contributed by atoms with Crippen molar-refractivity contribution in [2.45, 2.75) is 0 Å².